The Kier molecular flexibility index (Phi) is 6.62. The van der Waals surface area contributed by atoms with Crippen molar-refractivity contribution in [3.63, 3.8) is 0 Å². The average Bonchev–Trinajstić information content (AvgIpc) is 2.46. The van der Waals surface area contributed by atoms with Gasteiger partial charge in [-0.05, 0) is 58.0 Å². The summed E-state index contributed by atoms with van der Waals surface area (Å²) in [5, 5.41) is 3.59. The summed E-state index contributed by atoms with van der Waals surface area (Å²) in [6, 6.07) is 1.58. The summed E-state index contributed by atoms with van der Waals surface area (Å²) in [6.45, 7) is 6.81. The van der Waals surface area contributed by atoms with E-state index >= 15 is 0 Å². The number of hydrogen-bond donors (Lipinski definition) is 1. The van der Waals surface area contributed by atoms with Gasteiger partial charge in [0.1, 0.15) is 0 Å². The second-order valence-electron chi connectivity index (χ2n) is 6.39. The first-order valence-electron chi connectivity index (χ1n) is 8.28. The van der Waals surface area contributed by atoms with E-state index in [0.717, 1.165) is 38.1 Å². The SMILES string of the molecule is COCCCNCC(C)N1CCCC2CCCCC21. The molecule has 2 fully saturated rings. The van der Waals surface area contributed by atoms with Crippen LogP contribution in [0.25, 0.3) is 0 Å². The molecule has 1 aliphatic carbocycles. The number of piperidine rings is 1. The van der Waals surface area contributed by atoms with E-state index in [1.807, 2.05) is 0 Å². The van der Waals surface area contributed by atoms with Gasteiger partial charge in [-0.15, -0.1) is 0 Å². The average molecular weight is 268 g/mol. The molecule has 1 N–H and O–H groups in total. The minimum atomic E-state index is 0.688. The van der Waals surface area contributed by atoms with Crippen LogP contribution in [0, 0.1) is 5.92 Å². The van der Waals surface area contributed by atoms with E-state index in [9.17, 15) is 0 Å². The fraction of sp³-hybridized carbons (Fsp3) is 1.00. The molecule has 0 bridgehead atoms. The third kappa shape index (κ3) is 4.44. The number of nitrogens with zero attached hydrogens (tertiary/aromatic N) is 1. The maximum atomic E-state index is 5.09. The largest absolute Gasteiger partial charge is 0.385 e. The van der Waals surface area contributed by atoms with Crippen LogP contribution in [-0.2, 0) is 4.74 Å². The van der Waals surface area contributed by atoms with E-state index in [1.54, 1.807) is 7.11 Å². The van der Waals surface area contributed by atoms with Gasteiger partial charge in [-0.1, -0.05) is 12.8 Å². The zero-order chi connectivity index (χ0) is 13.5. The fourth-order valence-corrected chi connectivity index (χ4v) is 3.98. The van der Waals surface area contributed by atoms with Gasteiger partial charge in [0.25, 0.3) is 0 Å². The molecule has 112 valence electrons. The minimum absolute atomic E-state index is 0.688. The molecular weight excluding hydrogens is 236 g/mol. The van der Waals surface area contributed by atoms with Crippen molar-refractivity contribution in [1.29, 1.82) is 0 Å². The minimum Gasteiger partial charge on any atom is -0.385 e. The Morgan fingerprint density at radius 3 is 2.84 bits per heavy atom. The van der Waals surface area contributed by atoms with E-state index < -0.39 is 0 Å². The fourth-order valence-electron chi connectivity index (χ4n) is 3.98. The lowest BCUT2D eigenvalue weighted by molar-refractivity contribution is 0.0314. The zero-order valence-electron chi connectivity index (χ0n) is 12.9. The summed E-state index contributed by atoms with van der Waals surface area (Å²) >= 11 is 0. The van der Waals surface area contributed by atoms with Crippen LogP contribution in [0.4, 0.5) is 0 Å². The molecule has 1 saturated heterocycles. The molecule has 0 aromatic heterocycles. The van der Waals surface area contributed by atoms with Gasteiger partial charge in [0.2, 0.25) is 0 Å². The van der Waals surface area contributed by atoms with Crippen molar-refractivity contribution in [2.75, 3.05) is 33.4 Å². The zero-order valence-corrected chi connectivity index (χ0v) is 12.9. The first kappa shape index (κ1) is 15.3. The maximum absolute atomic E-state index is 5.09. The van der Waals surface area contributed by atoms with Gasteiger partial charge >= 0.3 is 0 Å². The third-order valence-electron chi connectivity index (χ3n) is 4.99. The molecule has 2 aliphatic rings. The number of fused-ring (bicyclic) bond motifs is 1. The second-order valence-corrected chi connectivity index (χ2v) is 6.39. The molecule has 0 aromatic carbocycles. The van der Waals surface area contributed by atoms with E-state index in [2.05, 4.69) is 17.1 Å². The standard InChI is InChI=1S/C16H32N2O/c1-14(13-17-10-6-12-19-2)18-11-5-8-15-7-3-4-9-16(15)18/h14-17H,3-13H2,1-2H3. The van der Waals surface area contributed by atoms with E-state index in [0.29, 0.717) is 6.04 Å². The molecule has 19 heavy (non-hydrogen) atoms. The third-order valence-corrected chi connectivity index (χ3v) is 4.99. The van der Waals surface area contributed by atoms with Crippen molar-refractivity contribution < 1.29 is 4.74 Å². The highest BCUT2D eigenvalue weighted by molar-refractivity contribution is 4.89. The Morgan fingerprint density at radius 2 is 2.00 bits per heavy atom. The van der Waals surface area contributed by atoms with Crippen LogP contribution >= 0.6 is 0 Å². The lowest BCUT2D eigenvalue weighted by atomic mass is 9.78. The number of methoxy groups -OCH3 is 1. The number of hydrogen-bond acceptors (Lipinski definition) is 3. The highest BCUT2D eigenvalue weighted by Crippen LogP contribution is 2.36. The number of ether oxygens (including phenoxy) is 1. The molecule has 0 spiro atoms. The summed E-state index contributed by atoms with van der Waals surface area (Å²) < 4.78 is 5.09. The summed E-state index contributed by atoms with van der Waals surface area (Å²) in [6.07, 6.45) is 9.86. The van der Waals surface area contributed by atoms with Crippen molar-refractivity contribution in [3.8, 4) is 0 Å². The smallest absolute Gasteiger partial charge is 0.0474 e. The van der Waals surface area contributed by atoms with Gasteiger partial charge < -0.3 is 10.1 Å². The normalized spacial score (nSPS) is 30.0. The monoisotopic (exact) mass is 268 g/mol. The second kappa shape index (κ2) is 8.23. The lowest BCUT2D eigenvalue weighted by Crippen LogP contribution is -2.53. The van der Waals surface area contributed by atoms with Gasteiger partial charge in [-0.25, -0.2) is 0 Å². The topological polar surface area (TPSA) is 24.5 Å². The van der Waals surface area contributed by atoms with Gasteiger partial charge in [-0.3, -0.25) is 4.90 Å². The summed E-state index contributed by atoms with van der Waals surface area (Å²) in [7, 11) is 1.78. The molecule has 3 nitrogen and oxygen atoms in total. The van der Waals surface area contributed by atoms with Crippen LogP contribution in [-0.4, -0.2) is 50.3 Å². The van der Waals surface area contributed by atoms with Crippen LogP contribution in [0.15, 0.2) is 0 Å². The van der Waals surface area contributed by atoms with Crippen LogP contribution in [0.1, 0.15) is 51.9 Å². The summed E-state index contributed by atoms with van der Waals surface area (Å²) in [5.74, 6) is 0.999. The first-order chi connectivity index (χ1) is 9.33. The van der Waals surface area contributed by atoms with E-state index in [4.69, 9.17) is 4.74 Å². The predicted octanol–water partition coefficient (Wildman–Crippen LogP) is 2.66. The molecule has 0 radical (unpaired) electrons. The highest BCUT2D eigenvalue weighted by Gasteiger charge is 2.34. The predicted molar refractivity (Wildman–Crippen MR) is 80.5 cm³/mol. The van der Waals surface area contributed by atoms with Crippen molar-refractivity contribution in [1.82, 2.24) is 10.2 Å². The van der Waals surface area contributed by atoms with Crippen LogP contribution in [0.5, 0.6) is 0 Å². The van der Waals surface area contributed by atoms with Crippen LogP contribution < -0.4 is 5.32 Å². The van der Waals surface area contributed by atoms with Crippen molar-refractivity contribution in [2.45, 2.75) is 64.0 Å². The van der Waals surface area contributed by atoms with Crippen molar-refractivity contribution in [2.24, 2.45) is 5.92 Å². The molecule has 3 unspecified atom stereocenters. The van der Waals surface area contributed by atoms with Crippen molar-refractivity contribution >= 4 is 0 Å². The highest BCUT2D eigenvalue weighted by atomic mass is 16.5. The van der Waals surface area contributed by atoms with Gasteiger partial charge in [0.15, 0.2) is 0 Å². The van der Waals surface area contributed by atoms with Gasteiger partial charge in [-0.2, -0.15) is 0 Å². The molecule has 1 aliphatic heterocycles. The number of nitrogens with one attached hydrogen (secondary N) is 1. The van der Waals surface area contributed by atoms with Crippen LogP contribution in [0.2, 0.25) is 0 Å². The Balaban J connectivity index is 1.72. The Hall–Kier alpha value is -0.120. The Morgan fingerprint density at radius 1 is 1.21 bits per heavy atom. The summed E-state index contributed by atoms with van der Waals surface area (Å²) in [5.41, 5.74) is 0. The van der Waals surface area contributed by atoms with Gasteiger partial charge in [0.05, 0.1) is 0 Å². The van der Waals surface area contributed by atoms with Gasteiger partial charge in [0, 0.05) is 32.3 Å². The molecular formula is C16H32N2O. The number of likely N-dealkylation sites (tertiary alicyclic amines) is 1. The molecule has 3 atom stereocenters. The van der Waals surface area contributed by atoms with Crippen molar-refractivity contribution in [3.05, 3.63) is 0 Å². The number of rotatable bonds is 7. The molecule has 1 heterocycles. The quantitative estimate of drug-likeness (QED) is 0.718. The Labute approximate surface area is 119 Å². The van der Waals surface area contributed by atoms with Crippen LogP contribution in [0.3, 0.4) is 0 Å². The molecule has 0 aromatic rings. The van der Waals surface area contributed by atoms with E-state index in [1.165, 1.54) is 45.1 Å². The summed E-state index contributed by atoms with van der Waals surface area (Å²) in [4.78, 5) is 2.80. The maximum Gasteiger partial charge on any atom is 0.0474 e. The first-order valence-corrected chi connectivity index (χ1v) is 8.28. The lowest BCUT2D eigenvalue weighted by Gasteiger charge is -2.47. The molecule has 3 heteroatoms. The molecule has 1 saturated carbocycles. The molecule has 0 amide bonds. The Bertz CT molecular complexity index is 245. The van der Waals surface area contributed by atoms with E-state index in [-0.39, 0.29) is 0 Å². The molecule has 2 rings (SSSR count).